The molecule has 0 aliphatic carbocycles. The number of aromatic nitrogens is 4. The van der Waals surface area contributed by atoms with Crippen LogP contribution in [0.5, 0.6) is 0 Å². The van der Waals surface area contributed by atoms with Gasteiger partial charge >= 0.3 is 0 Å². The fourth-order valence-electron chi connectivity index (χ4n) is 2.53. The molecule has 10 heteroatoms. The van der Waals surface area contributed by atoms with E-state index >= 15 is 0 Å². The molecule has 21 heavy (non-hydrogen) atoms. The van der Waals surface area contributed by atoms with Gasteiger partial charge < -0.3 is 15.0 Å². The van der Waals surface area contributed by atoms with Gasteiger partial charge in [-0.25, -0.2) is 15.0 Å². The number of hydrogen-bond acceptors (Lipinski definition) is 7. The smallest absolute Gasteiger partial charge is 0.165 e. The summed E-state index contributed by atoms with van der Waals surface area (Å²) in [6.45, 7) is 0.432. The number of ether oxygens (including phenoxy) is 1. The van der Waals surface area contributed by atoms with E-state index in [0.29, 0.717) is 36.2 Å². The molecular formula is C11H13N5O3P2. The van der Waals surface area contributed by atoms with Gasteiger partial charge in [-0.15, -0.1) is 0 Å². The Morgan fingerprint density at radius 1 is 1.38 bits per heavy atom. The minimum Gasteiger partial charge on any atom is -0.382 e. The summed E-state index contributed by atoms with van der Waals surface area (Å²) in [4.78, 5) is 12.3. The molecule has 1 aliphatic rings. The van der Waals surface area contributed by atoms with E-state index < -0.39 is 0 Å². The van der Waals surface area contributed by atoms with Gasteiger partial charge in [0.2, 0.25) is 0 Å². The fourth-order valence-corrected chi connectivity index (χ4v) is 3.86. The van der Waals surface area contributed by atoms with E-state index in [9.17, 15) is 9.13 Å². The molecule has 8 nitrogen and oxygen atoms in total. The molecule has 2 unspecified atom stereocenters. The van der Waals surface area contributed by atoms with Crippen LogP contribution in [-0.4, -0.2) is 44.1 Å². The maximum atomic E-state index is 11.3. The lowest BCUT2D eigenvalue weighted by Crippen LogP contribution is -2.37. The van der Waals surface area contributed by atoms with E-state index in [0.717, 1.165) is 0 Å². The Kier molecular flexibility index (Phi) is 4.19. The van der Waals surface area contributed by atoms with E-state index in [1.165, 1.54) is 6.33 Å². The summed E-state index contributed by atoms with van der Waals surface area (Å²) >= 11 is 0. The Morgan fingerprint density at radius 2 is 2.24 bits per heavy atom. The molecule has 0 bridgehead atoms. The molecule has 2 N–H and O–H groups in total. The van der Waals surface area contributed by atoms with Crippen LogP contribution in [0.1, 0.15) is 12.5 Å². The van der Waals surface area contributed by atoms with Gasteiger partial charge in [-0.2, -0.15) is 0 Å². The van der Waals surface area contributed by atoms with Crippen molar-refractivity contribution >= 4 is 33.9 Å². The summed E-state index contributed by atoms with van der Waals surface area (Å²) in [5, 5.41) is 0. The van der Waals surface area contributed by atoms with Gasteiger partial charge in [0.15, 0.2) is 28.4 Å². The highest BCUT2D eigenvalue weighted by molar-refractivity contribution is 7.25. The number of nitrogens with zero attached hydrogens (tertiary/aromatic N) is 4. The number of fused-ring (bicyclic) bond motifs is 1. The Balaban J connectivity index is 1.88. The van der Waals surface area contributed by atoms with E-state index in [1.807, 2.05) is 4.57 Å². The van der Waals surface area contributed by atoms with Crippen molar-refractivity contribution in [3.63, 3.8) is 0 Å². The number of rotatable bonds is 4. The number of imidazole rings is 1. The maximum absolute atomic E-state index is 11.3. The summed E-state index contributed by atoms with van der Waals surface area (Å²) in [6, 6.07) is -0.0321. The van der Waals surface area contributed by atoms with Crippen molar-refractivity contribution in [1.82, 2.24) is 19.5 Å². The highest BCUT2D eigenvalue weighted by Crippen LogP contribution is 2.33. The second-order valence-electron chi connectivity index (χ2n) is 4.83. The summed E-state index contributed by atoms with van der Waals surface area (Å²) in [5.74, 6) is 0.331. The molecule has 2 aromatic heterocycles. The molecule has 110 valence electrons. The molecule has 0 saturated carbocycles. The highest BCUT2D eigenvalue weighted by Gasteiger charge is 2.33. The summed E-state index contributed by atoms with van der Waals surface area (Å²) in [6.07, 6.45) is 3.78. The van der Waals surface area contributed by atoms with E-state index in [1.54, 1.807) is 6.33 Å². The lowest BCUT2D eigenvalue weighted by Gasteiger charge is -2.32. The monoisotopic (exact) mass is 325 g/mol. The predicted molar refractivity (Wildman–Crippen MR) is 77.0 cm³/mol. The normalized spacial score (nSPS) is 26.6. The molecule has 0 spiro atoms. The maximum Gasteiger partial charge on any atom is 0.165 e. The number of anilines is 1. The number of nitrogens with two attached hydrogens (primary N) is 1. The molecule has 3 rings (SSSR count). The first-order valence-electron chi connectivity index (χ1n) is 6.40. The van der Waals surface area contributed by atoms with Crippen LogP contribution in [0.4, 0.5) is 5.82 Å². The standard InChI is InChI=1S/C11H13N5O3P2/c12-10-9-11(14-4-13-10)16(5-15-9)6-1-8(21-18)7(3-20-17)19-2-6/h4-8H,1-3H2,(H2,12,13,14)/t6-,7?,8?/m0/s1. The van der Waals surface area contributed by atoms with E-state index in [2.05, 4.69) is 15.0 Å². The summed E-state index contributed by atoms with van der Waals surface area (Å²) in [5.41, 5.74) is 6.76. The van der Waals surface area contributed by atoms with Crippen LogP contribution < -0.4 is 5.73 Å². The van der Waals surface area contributed by atoms with Crippen LogP contribution >= 0.6 is 16.9 Å². The number of hydrogen-bond donors (Lipinski definition) is 1. The fraction of sp³-hybridized carbons (Fsp3) is 0.545. The average Bonchev–Trinajstić information content (AvgIpc) is 2.93. The van der Waals surface area contributed by atoms with E-state index in [4.69, 9.17) is 10.5 Å². The third-order valence-electron chi connectivity index (χ3n) is 3.62. The van der Waals surface area contributed by atoms with Gasteiger partial charge in [-0.05, 0) is 6.42 Å². The molecule has 3 heterocycles. The molecule has 1 aliphatic heterocycles. The largest absolute Gasteiger partial charge is 0.382 e. The molecule has 1 saturated heterocycles. The third-order valence-corrected chi connectivity index (χ3v) is 4.94. The average molecular weight is 325 g/mol. The lowest BCUT2D eigenvalue weighted by atomic mass is 10.1. The minimum atomic E-state index is -0.255. The molecule has 3 atom stereocenters. The first-order chi connectivity index (χ1) is 10.2. The van der Waals surface area contributed by atoms with Crippen molar-refractivity contribution in [1.29, 1.82) is 0 Å². The van der Waals surface area contributed by atoms with Crippen LogP contribution in [-0.2, 0) is 13.9 Å². The lowest BCUT2D eigenvalue weighted by molar-refractivity contribution is 0.00612. The predicted octanol–water partition coefficient (Wildman–Crippen LogP) is 1.69. The van der Waals surface area contributed by atoms with Gasteiger partial charge in [-0.1, -0.05) is 0 Å². The summed E-state index contributed by atoms with van der Waals surface area (Å²) in [7, 11) is 0.00146. The van der Waals surface area contributed by atoms with Crippen molar-refractivity contribution in [2.75, 3.05) is 18.5 Å². The van der Waals surface area contributed by atoms with Crippen LogP contribution in [0.2, 0.25) is 0 Å². The Bertz CT molecular complexity index is 679. The number of nitrogen functional groups attached to an aromatic ring is 1. The van der Waals surface area contributed by atoms with Gasteiger partial charge in [0, 0.05) is 0 Å². The molecule has 0 amide bonds. The zero-order valence-electron chi connectivity index (χ0n) is 11.0. The highest BCUT2D eigenvalue weighted by atomic mass is 31.1. The minimum absolute atomic E-state index is 0.00176. The second kappa shape index (κ2) is 6.10. The third kappa shape index (κ3) is 2.67. The van der Waals surface area contributed by atoms with E-state index in [-0.39, 0.29) is 34.7 Å². The Hall–Kier alpha value is -1.49. The second-order valence-corrected chi connectivity index (χ2v) is 6.33. The van der Waals surface area contributed by atoms with Gasteiger partial charge in [0.05, 0.1) is 36.9 Å². The van der Waals surface area contributed by atoms with Gasteiger partial charge in [-0.3, -0.25) is 9.13 Å². The van der Waals surface area contributed by atoms with Gasteiger partial charge in [0.25, 0.3) is 0 Å². The van der Waals surface area contributed by atoms with Crippen LogP contribution in [0.15, 0.2) is 12.7 Å². The van der Waals surface area contributed by atoms with Crippen LogP contribution in [0.3, 0.4) is 0 Å². The van der Waals surface area contributed by atoms with Crippen molar-refractivity contribution in [2.45, 2.75) is 24.2 Å². The molecule has 1 fully saturated rings. The van der Waals surface area contributed by atoms with Crippen LogP contribution in [0, 0.1) is 0 Å². The quantitative estimate of drug-likeness (QED) is 0.851. The molecular weight excluding hydrogens is 312 g/mol. The SMILES string of the molecule is Nc1ncnc2c1ncn2[C@@H]1COC(CP=O)C(P=O)C1. The first-order valence-corrected chi connectivity index (χ1v) is 8.28. The molecule has 2 aromatic rings. The topological polar surface area (TPSA) is 113 Å². The zero-order chi connectivity index (χ0) is 14.8. The van der Waals surface area contributed by atoms with Crippen molar-refractivity contribution < 1.29 is 13.9 Å². The molecule has 0 aromatic carbocycles. The van der Waals surface area contributed by atoms with Gasteiger partial charge in [0.1, 0.15) is 11.8 Å². The first kappa shape index (κ1) is 14.4. The Morgan fingerprint density at radius 3 is 3.00 bits per heavy atom. The van der Waals surface area contributed by atoms with Crippen molar-refractivity contribution in [2.24, 2.45) is 0 Å². The Labute approximate surface area is 123 Å². The van der Waals surface area contributed by atoms with Crippen molar-refractivity contribution in [3.05, 3.63) is 12.7 Å². The zero-order valence-corrected chi connectivity index (χ0v) is 12.8. The van der Waals surface area contributed by atoms with Crippen molar-refractivity contribution in [3.8, 4) is 0 Å². The molecule has 0 radical (unpaired) electrons. The summed E-state index contributed by atoms with van der Waals surface area (Å²) < 4.78 is 29.6. The van der Waals surface area contributed by atoms with Crippen LogP contribution in [0.25, 0.3) is 11.2 Å².